The quantitative estimate of drug-likeness (QED) is 0.556. The van der Waals surface area contributed by atoms with Crippen molar-refractivity contribution in [1.29, 1.82) is 0 Å². The molecule has 0 aliphatic rings. The van der Waals surface area contributed by atoms with Crippen LogP contribution in [0.3, 0.4) is 0 Å². The molecular weight excluding hydrogens is 262 g/mol. The van der Waals surface area contributed by atoms with Crippen LogP contribution < -0.4 is 15.2 Å². The van der Waals surface area contributed by atoms with E-state index in [2.05, 4.69) is 25.7 Å². The lowest BCUT2D eigenvalue weighted by Gasteiger charge is -2.12. The summed E-state index contributed by atoms with van der Waals surface area (Å²) in [6.45, 7) is 6.31. The lowest BCUT2D eigenvalue weighted by molar-refractivity contribution is 0.268. The second kappa shape index (κ2) is 11.0. The van der Waals surface area contributed by atoms with E-state index in [1.807, 2.05) is 18.2 Å². The Morgan fingerprint density at radius 3 is 2.38 bits per heavy atom. The highest BCUT2D eigenvalue weighted by molar-refractivity contribution is 5.48. The van der Waals surface area contributed by atoms with Gasteiger partial charge in [-0.1, -0.05) is 25.7 Å². The van der Waals surface area contributed by atoms with Crippen LogP contribution in [0, 0.1) is 11.8 Å². The van der Waals surface area contributed by atoms with Crippen LogP contribution in [0.4, 0.5) is 0 Å². The molecule has 0 fully saturated rings. The van der Waals surface area contributed by atoms with Crippen molar-refractivity contribution in [3.63, 3.8) is 0 Å². The van der Waals surface area contributed by atoms with Crippen molar-refractivity contribution in [3.8, 4) is 23.3 Å². The monoisotopic (exact) mass is 289 g/mol. The first-order valence-corrected chi connectivity index (χ1v) is 7.90. The molecule has 0 bridgehead atoms. The summed E-state index contributed by atoms with van der Waals surface area (Å²) in [7, 11) is 0. The molecule has 2 N–H and O–H groups in total. The van der Waals surface area contributed by atoms with Crippen LogP contribution in [0.1, 0.15) is 51.5 Å². The number of benzene rings is 1. The van der Waals surface area contributed by atoms with E-state index < -0.39 is 0 Å². The number of nitrogens with two attached hydrogens (primary N) is 1. The van der Waals surface area contributed by atoms with Gasteiger partial charge in [0.2, 0.25) is 0 Å². The summed E-state index contributed by atoms with van der Waals surface area (Å²) < 4.78 is 11.5. The van der Waals surface area contributed by atoms with Gasteiger partial charge in [0.05, 0.1) is 13.2 Å². The third kappa shape index (κ3) is 7.06. The SMILES string of the molecule is CCCOc1ccc(C#CCCCCN)cc1OCCC. The number of ether oxygens (including phenoxy) is 2. The second-order valence-corrected chi connectivity index (χ2v) is 4.91. The maximum atomic E-state index is 5.76. The Labute approximate surface area is 128 Å². The zero-order valence-corrected chi connectivity index (χ0v) is 13.3. The van der Waals surface area contributed by atoms with Crippen molar-refractivity contribution >= 4 is 0 Å². The molecule has 116 valence electrons. The molecular formula is C18H27NO2. The van der Waals surface area contributed by atoms with Crippen molar-refractivity contribution in [3.05, 3.63) is 23.8 Å². The van der Waals surface area contributed by atoms with E-state index in [0.717, 1.165) is 55.7 Å². The van der Waals surface area contributed by atoms with Gasteiger partial charge in [0.15, 0.2) is 11.5 Å². The molecule has 0 saturated carbocycles. The summed E-state index contributed by atoms with van der Waals surface area (Å²) in [5.74, 6) is 7.95. The number of rotatable bonds is 9. The number of unbranched alkanes of at least 4 members (excludes halogenated alkanes) is 2. The van der Waals surface area contributed by atoms with Gasteiger partial charge in [0, 0.05) is 12.0 Å². The molecule has 0 atom stereocenters. The lowest BCUT2D eigenvalue weighted by atomic mass is 10.2. The van der Waals surface area contributed by atoms with E-state index in [9.17, 15) is 0 Å². The molecule has 0 amide bonds. The average Bonchev–Trinajstić information content (AvgIpc) is 2.51. The summed E-state index contributed by atoms with van der Waals surface area (Å²) in [6, 6.07) is 5.90. The van der Waals surface area contributed by atoms with Gasteiger partial charge < -0.3 is 15.2 Å². The Morgan fingerprint density at radius 2 is 1.71 bits per heavy atom. The van der Waals surface area contributed by atoms with Crippen LogP contribution in [0.15, 0.2) is 18.2 Å². The number of hydrogen-bond acceptors (Lipinski definition) is 3. The fourth-order valence-electron chi connectivity index (χ4n) is 1.76. The van der Waals surface area contributed by atoms with Crippen molar-refractivity contribution in [2.45, 2.75) is 46.0 Å². The minimum Gasteiger partial charge on any atom is -0.490 e. The van der Waals surface area contributed by atoms with Crippen LogP contribution in [0.25, 0.3) is 0 Å². The zero-order chi connectivity index (χ0) is 15.3. The molecule has 21 heavy (non-hydrogen) atoms. The molecule has 0 unspecified atom stereocenters. The molecule has 3 heteroatoms. The third-order valence-corrected chi connectivity index (χ3v) is 2.86. The molecule has 0 aliphatic heterocycles. The molecule has 1 aromatic carbocycles. The average molecular weight is 289 g/mol. The van der Waals surface area contributed by atoms with Crippen molar-refractivity contribution < 1.29 is 9.47 Å². The van der Waals surface area contributed by atoms with E-state index in [1.54, 1.807) is 0 Å². The molecule has 0 spiro atoms. The van der Waals surface area contributed by atoms with Gasteiger partial charge in [-0.3, -0.25) is 0 Å². The number of hydrogen-bond donors (Lipinski definition) is 1. The molecule has 0 radical (unpaired) electrons. The second-order valence-electron chi connectivity index (χ2n) is 4.91. The summed E-state index contributed by atoms with van der Waals surface area (Å²) >= 11 is 0. The van der Waals surface area contributed by atoms with Crippen LogP contribution in [-0.4, -0.2) is 19.8 Å². The van der Waals surface area contributed by atoms with Crippen LogP contribution in [0.5, 0.6) is 11.5 Å². The van der Waals surface area contributed by atoms with E-state index in [-0.39, 0.29) is 0 Å². The van der Waals surface area contributed by atoms with E-state index in [0.29, 0.717) is 13.2 Å². The van der Waals surface area contributed by atoms with Gasteiger partial charge in [0.1, 0.15) is 0 Å². The summed E-state index contributed by atoms with van der Waals surface area (Å²) in [6.07, 6.45) is 4.93. The van der Waals surface area contributed by atoms with Gasteiger partial charge in [-0.25, -0.2) is 0 Å². The van der Waals surface area contributed by atoms with Gasteiger partial charge in [-0.2, -0.15) is 0 Å². The van der Waals surface area contributed by atoms with Crippen molar-refractivity contribution in [1.82, 2.24) is 0 Å². The topological polar surface area (TPSA) is 44.5 Å². The predicted octanol–water partition coefficient (Wildman–Crippen LogP) is 3.74. The predicted molar refractivity (Wildman–Crippen MR) is 87.8 cm³/mol. The van der Waals surface area contributed by atoms with Crippen molar-refractivity contribution in [2.24, 2.45) is 5.73 Å². The minimum absolute atomic E-state index is 0.690. The van der Waals surface area contributed by atoms with Gasteiger partial charge in [-0.05, 0) is 50.4 Å². The molecule has 1 aromatic rings. The Kier molecular flexibility index (Phi) is 9.15. The molecule has 0 heterocycles. The summed E-state index contributed by atoms with van der Waals surface area (Å²) in [5.41, 5.74) is 6.44. The van der Waals surface area contributed by atoms with Gasteiger partial charge >= 0.3 is 0 Å². The zero-order valence-electron chi connectivity index (χ0n) is 13.3. The Balaban J connectivity index is 2.72. The smallest absolute Gasteiger partial charge is 0.162 e. The summed E-state index contributed by atoms with van der Waals surface area (Å²) in [4.78, 5) is 0. The molecule has 0 saturated heterocycles. The first-order valence-electron chi connectivity index (χ1n) is 7.90. The van der Waals surface area contributed by atoms with Crippen LogP contribution in [-0.2, 0) is 0 Å². The summed E-state index contributed by atoms with van der Waals surface area (Å²) in [5, 5.41) is 0. The molecule has 0 aromatic heterocycles. The van der Waals surface area contributed by atoms with Gasteiger partial charge in [-0.15, -0.1) is 0 Å². The first kappa shape index (κ1) is 17.4. The lowest BCUT2D eigenvalue weighted by Crippen LogP contribution is -2.01. The molecule has 3 nitrogen and oxygen atoms in total. The highest BCUT2D eigenvalue weighted by atomic mass is 16.5. The maximum absolute atomic E-state index is 5.76. The Bertz CT molecular complexity index is 460. The normalized spacial score (nSPS) is 9.86. The van der Waals surface area contributed by atoms with Crippen LogP contribution >= 0.6 is 0 Å². The Morgan fingerprint density at radius 1 is 1.00 bits per heavy atom. The molecule has 1 rings (SSSR count). The van der Waals surface area contributed by atoms with E-state index in [1.165, 1.54) is 0 Å². The highest BCUT2D eigenvalue weighted by Crippen LogP contribution is 2.28. The van der Waals surface area contributed by atoms with Crippen molar-refractivity contribution in [2.75, 3.05) is 19.8 Å². The fraction of sp³-hybridized carbons (Fsp3) is 0.556. The maximum Gasteiger partial charge on any atom is 0.162 e. The molecule has 0 aliphatic carbocycles. The Hall–Kier alpha value is -1.66. The van der Waals surface area contributed by atoms with E-state index >= 15 is 0 Å². The van der Waals surface area contributed by atoms with E-state index in [4.69, 9.17) is 15.2 Å². The third-order valence-electron chi connectivity index (χ3n) is 2.86. The van der Waals surface area contributed by atoms with Crippen LogP contribution in [0.2, 0.25) is 0 Å². The first-order chi connectivity index (χ1) is 10.3. The fourth-order valence-corrected chi connectivity index (χ4v) is 1.76. The standard InChI is InChI=1S/C18H27NO2/c1-3-13-20-17-11-10-16(9-7-5-6-8-12-19)15-18(17)21-14-4-2/h10-11,15H,3-6,8,12-14,19H2,1-2H3. The minimum atomic E-state index is 0.690. The largest absolute Gasteiger partial charge is 0.490 e. The highest BCUT2D eigenvalue weighted by Gasteiger charge is 2.05. The van der Waals surface area contributed by atoms with Gasteiger partial charge in [0.25, 0.3) is 0 Å².